The molecule has 0 amide bonds. The van der Waals surface area contributed by atoms with E-state index in [9.17, 15) is 4.79 Å². The van der Waals surface area contributed by atoms with E-state index in [1.54, 1.807) is 6.92 Å². The third-order valence-electron chi connectivity index (χ3n) is 1.06. The first kappa shape index (κ1) is 11.1. The Morgan fingerprint density at radius 3 is 2.45 bits per heavy atom. The first-order chi connectivity index (χ1) is 5.07. The topological polar surface area (TPSA) is 26.3 Å². The maximum absolute atomic E-state index is 10.8. The Bertz CT molecular complexity index is 126. The third-order valence-corrected chi connectivity index (χ3v) is 1.88. The molecule has 0 bridgehead atoms. The summed E-state index contributed by atoms with van der Waals surface area (Å²) in [6, 6.07) is 0. The number of esters is 1. The molecule has 0 fully saturated rings. The average molecular weight is 199 g/mol. The lowest BCUT2D eigenvalue weighted by Gasteiger charge is -2.12. The molecule has 0 N–H and O–H groups in total. The summed E-state index contributed by atoms with van der Waals surface area (Å²) in [6.07, 6.45) is 1.16. The molecule has 0 saturated carbocycles. The predicted molar refractivity (Wildman–Crippen MR) is 46.0 cm³/mol. The summed E-state index contributed by atoms with van der Waals surface area (Å²) >= 11 is 11.1. The molecule has 66 valence electrons. The van der Waals surface area contributed by atoms with Crippen molar-refractivity contribution < 1.29 is 9.53 Å². The molecule has 0 aliphatic carbocycles. The van der Waals surface area contributed by atoms with Crippen LogP contribution < -0.4 is 0 Å². The van der Waals surface area contributed by atoms with Crippen molar-refractivity contribution >= 4 is 29.2 Å². The molecule has 0 aromatic carbocycles. The number of carbonyl (C=O) groups is 1. The van der Waals surface area contributed by atoms with Crippen LogP contribution in [0.2, 0.25) is 0 Å². The van der Waals surface area contributed by atoms with Crippen LogP contribution in [0.1, 0.15) is 26.7 Å². The van der Waals surface area contributed by atoms with Crippen molar-refractivity contribution in [3.63, 3.8) is 0 Å². The molecular weight excluding hydrogens is 187 g/mol. The number of ether oxygens (including phenoxy) is 1. The molecule has 4 heteroatoms. The molecular formula is C7H12Cl2O2. The predicted octanol–water partition coefficient (Wildman–Crippen LogP) is 2.52. The summed E-state index contributed by atoms with van der Waals surface area (Å²) in [5, 5.41) is -0.350. The zero-order chi connectivity index (χ0) is 8.85. The molecule has 2 unspecified atom stereocenters. The first-order valence-electron chi connectivity index (χ1n) is 3.55. The van der Waals surface area contributed by atoms with Gasteiger partial charge in [-0.2, -0.15) is 0 Å². The maximum atomic E-state index is 10.8. The minimum atomic E-state index is -0.712. The van der Waals surface area contributed by atoms with Gasteiger partial charge >= 0.3 is 5.97 Å². The van der Waals surface area contributed by atoms with Crippen molar-refractivity contribution in [2.24, 2.45) is 0 Å². The van der Waals surface area contributed by atoms with Crippen LogP contribution in [0.15, 0.2) is 0 Å². The Labute approximate surface area is 76.8 Å². The van der Waals surface area contributed by atoms with Gasteiger partial charge in [0.2, 0.25) is 0 Å². The van der Waals surface area contributed by atoms with Gasteiger partial charge in [0.25, 0.3) is 0 Å². The lowest BCUT2D eigenvalue weighted by atomic mass is 10.3. The van der Waals surface area contributed by atoms with Crippen molar-refractivity contribution in [1.82, 2.24) is 0 Å². The normalized spacial score (nSPS) is 15.6. The zero-order valence-corrected chi connectivity index (χ0v) is 8.15. The summed E-state index contributed by atoms with van der Waals surface area (Å²) in [7, 11) is 0. The quantitative estimate of drug-likeness (QED) is 0.513. The van der Waals surface area contributed by atoms with E-state index in [-0.39, 0.29) is 11.3 Å². The van der Waals surface area contributed by atoms with E-state index in [0.717, 1.165) is 6.42 Å². The largest absolute Gasteiger partial charge is 0.444 e. The molecule has 2 nitrogen and oxygen atoms in total. The van der Waals surface area contributed by atoms with Gasteiger partial charge < -0.3 is 4.74 Å². The third kappa shape index (κ3) is 5.33. The van der Waals surface area contributed by atoms with Gasteiger partial charge in [-0.3, -0.25) is 4.79 Å². The van der Waals surface area contributed by atoms with Gasteiger partial charge in [-0.15, -0.1) is 11.6 Å². The maximum Gasteiger partial charge on any atom is 0.307 e. The van der Waals surface area contributed by atoms with Gasteiger partial charge in [-0.05, 0) is 13.3 Å². The summed E-state index contributed by atoms with van der Waals surface area (Å²) < 4.78 is 4.75. The van der Waals surface area contributed by atoms with Gasteiger partial charge in [0, 0.05) is 6.42 Å². The lowest BCUT2D eigenvalue weighted by molar-refractivity contribution is -0.145. The Kier molecular flexibility index (Phi) is 5.69. The van der Waals surface area contributed by atoms with Crippen LogP contribution in [0, 0.1) is 0 Å². The Hall–Kier alpha value is 0.0500. The van der Waals surface area contributed by atoms with Crippen molar-refractivity contribution in [3.05, 3.63) is 0 Å². The highest BCUT2D eigenvalue weighted by Gasteiger charge is 2.15. The number of hydrogen-bond acceptors (Lipinski definition) is 2. The van der Waals surface area contributed by atoms with Crippen LogP contribution in [-0.2, 0) is 9.53 Å². The van der Waals surface area contributed by atoms with Crippen molar-refractivity contribution in [2.45, 2.75) is 37.6 Å². The van der Waals surface area contributed by atoms with Gasteiger partial charge in [0.15, 0.2) is 5.56 Å². The zero-order valence-electron chi connectivity index (χ0n) is 6.64. The minimum Gasteiger partial charge on any atom is -0.444 e. The van der Waals surface area contributed by atoms with Crippen LogP contribution in [0.3, 0.4) is 0 Å². The Balaban J connectivity index is 3.57. The number of hydrogen-bond donors (Lipinski definition) is 0. The van der Waals surface area contributed by atoms with Crippen LogP contribution in [0.4, 0.5) is 0 Å². The Morgan fingerprint density at radius 2 is 2.09 bits per heavy atom. The van der Waals surface area contributed by atoms with Crippen LogP contribution >= 0.6 is 23.2 Å². The smallest absolute Gasteiger partial charge is 0.307 e. The SMILES string of the molecule is CCCC(=O)OC(Cl)C(C)Cl. The second-order valence-corrected chi connectivity index (χ2v) is 3.39. The summed E-state index contributed by atoms with van der Waals surface area (Å²) in [6.45, 7) is 3.58. The average Bonchev–Trinajstić information content (AvgIpc) is 1.87. The molecule has 2 atom stereocenters. The molecule has 0 saturated heterocycles. The minimum absolute atomic E-state index is 0.292. The van der Waals surface area contributed by atoms with Crippen molar-refractivity contribution in [1.29, 1.82) is 0 Å². The molecule has 0 aliphatic rings. The van der Waals surface area contributed by atoms with Crippen molar-refractivity contribution in [3.8, 4) is 0 Å². The summed E-state index contributed by atoms with van der Waals surface area (Å²) in [4.78, 5) is 10.8. The summed E-state index contributed by atoms with van der Waals surface area (Å²) in [5.74, 6) is -0.292. The van der Waals surface area contributed by atoms with E-state index in [1.807, 2.05) is 6.92 Å². The van der Waals surface area contributed by atoms with Crippen LogP contribution in [-0.4, -0.2) is 16.9 Å². The number of halogens is 2. The molecule has 0 radical (unpaired) electrons. The number of carbonyl (C=O) groups excluding carboxylic acids is 1. The van der Waals surface area contributed by atoms with E-state index in [4.69, 9.17) is 27.9 Å². The standard InChI is InChI=1S/C7H12Cl2O2/c1-3-4-6(10)11-7(9)5(2)8/h5,7H,3-4H2,1-2H3. The second kappa shape index (κ2) is 5.67. The number of alkyl halides is 2. The molecule has 0 rings (SSSR count). The monoisotopic (exact) mass is 198 g/mol. The van der Waals surface area contributed by atoms with E-state index in [1.165, 1.54) is 0 Å². The van der Waals surface area contributed by atoms with Gasteiger partial charge in [0.1, 0.15) is 0 Å². The molecule has 0 aliphatic heterocycles. The van der Waals surface area contributed by atoms with Gasteiger partial charge in [-0.25, -0.2) is 0 Å². The van der Waals surface area contributed by atoms with E-state index in [2.05, 4.69) is 0 Å². The van der Waals surface area contributed by atoms with Crippen LogP contribution in [0.5, 0.6) is 0 Å². The highest BCUT2D eigenvalue weighted by Crippen LogP contribution is 2.11. The van der Waals surface area contributed by atoms with Crippen molar-refractivity contribution in [2.75, 3.05) is 0 Å². The highest BCUT2D eigenvalue weighted by molar-refractivity contribution is 6.29. The second-order valence-electron chi connectivity index (χ2n) is 2.27. The fourth-order valence-electron chi connectivity index (χ4n) is 0.482. The van der Waals surface area contributed by atoms with Gasteiger partial charge in [-0.1, -0.05) is 18.5 Å². The first-order valence-corrected chi connectivity index (χ1v) is 4.42. The van der Waals surface area contributed by atoms with E-state index >= 15 is 0 Å². The molecule has 0 heterocycles. The molecule has 11 heavy (non-hydrogen) atoms. The fourth-order valence-corrected chi connectivity index (χ4v) is 0.633. The summed E-state index contributed by atoms with van der Waals surface area (Å²) in [5.41, 5.74) is -0.712. The van der Waals surface area contributed by atoms with Gasteiger partial charge in [0.05, 0.1) is 5.38 Å². The molecule has 0 aromatic heterocycles. The van der Waals surface area contributed by atoms with Crippen LogP contribution in [0.25, 0.3) is 0 Å². The molecule has 0 aromatic rings. The van der Waals surface area contributed by atoms with E-state index < -0.39 is 5.56 Å². The van der Waals surface area contributed by atoms with E-state index in [0.29, 0.717) is 6.42 Å². The lowest BCUT2D eigenvalue weighted by Crippen LogP contribution is -2.19. The fraction of sp³-hybridized carbons (Fsp3) is 0.857. The molecule has 0 spiro atoms. The number of rotatable bonds is 4. The Morgan fingerprint density at radius 1 is 1.55 bits per heavy atom. The highest BCUT2D eigenvalue weighted by atomic mass is 35.5.